The van der Waals surface area contributed by atoms with Crippen LogP contribution in [0.25, 0.3) is 0 Å². The molecule has 19 heavy (non-hydrogen) atoms. The summed E-state index contributed by atoms with van der Waals surface area (Å²) >= 11 is 5.55. The Morgan fingerprint density at radius 3 is 2.00 bits per heavy atom. The molecule has 6 heteroatoms. The second kappa shape index (κ2) is 5.09. The molecule has 0 aliphatic rings. The molecule has 0 aliphatic carbocycles. The Bertz CT molecular complexity index is 578. The smallest absolute Gasteiger partial charge is 0.417 e. The molecule has 100 valence electrons. The fraction of sp³-hybridized carbons (Fsp3) is 0.0769. The molecular weight excluding hydrogens is 284 g/mol. The Balaban J connectivity index is 2.23. The minimum atomic E-state index is -4.51. The van der Waals surface area contributed by atoms with Crippen LogP contribution >= 0.6 is 11.6 Å². The number of rotatable bonds is 2. The molecule has 0 aliphatic heterocycles. The Morgan fingerprint density at radius 1 is 0.895 bits per heavy atom. The van der Waals surface area contributed by atoms with Crippen molar-refractivity contribution in [1.82, 2.24) is 0 Å². The third kappa shape index (κ3) is 3.38. The van der Waals surface area contributed by atoms with Crippen LogP contribution in [0.4, 0.5) is 17.6 Å². The van der Waals surface area contributed by atoms with Crippen LogP contribution in [-0.2, 0) is 6.18 Å². The summed E-state index contributed by atoms with van der Waals surface area (Å²) in [6.45, 7) is 0. The summed E-state index contributed by atoms with van der Waals surface area (Å²) in [5.74, 6) is 0.0136. The third-order valence-electron chi connectivity index (χ3n) is 2.30. The molecule has 0 atom stereocenters. The maximum absolute atomic E-state index is 12.7. The van der Waals surface area contributed by atoms with Gasteiger partial charge in [0.15, 0.2) is 0 Å². The average molecular weight is 291 g/mol. The first kappa shape index (κ1) is 13.7. The summed E-state index contributed by atoms with van der Waals surface area (Å²) in [4.78, 5) is 0. The van der Waals surface area contributed by atoms with Crippen LogP contribution in [0.3, 0.4) is 0 Å². The molecule has 0 spiro atoms. The summed E-state index contributed by atoms with van der Waals surface area (Å²) in [5, 5.41) is -0.452. The highest BCUT2D eigenvalue weighted by atomic mass is 35.5. The van der Waals surface area contributed by atoms with E-state index in [0.717, 1.165) is 18.2 Å². The second-order valence-corrected chi connectivity index (χ2v) is 4.10. The van der Waals surface area contributed by atoms with Crippen LogP contribution in [-0.4, -0.2) is 0 Å². The first-order chi connectivity index (χ1) is 8.86. The zero-order valence-corrected chi connectivity index (χ0v) is 10.1. The van der Waals surface area contributed by atoms with Gasteiger partial charge in [-0.3, -0.25) is 0 Å². The fourth-order valence-corrected chi connectivity index (χ4v) is 1.71. The Kier molecular flexibility index (Phi) is 3.66. The molecule has 2 rings (SSSR count). The maximum Gasteiger partial charge on any atom is 0.417 e. The zero-order valence-electron chi connectivity index (χ0n) is 9.34. The second-order valence-electron chi connectivity index (χ2n) is 3.70. The van der Waals surface area contributed by atoms with Crippen LogP contribution in [0.5, 0.6) is 11.5 Å². The number of halogens is 5. The van der Waals surface area contributed by atoms with Crippen LogP contribution in [0.15, 0.2) is 42.5 Å². The quantitative estimate of drug-likeness (QED) is 0.683. The van der Waals surface area contributed by atoms with Crippen LogP contribution in [0.2, 0.25) is 5.02 Å². The Labute approximate surface area is 111 Å². The van der Waals surface area contributed by atoms with E-state index in [9.17, 15) is 17.6 Å². The van der Waals surface area contributed by atoms with E-state index in [-0.39, 0.29) is 5.75 Å². The van der Waals surface area contributed by atoms with Gasteiger partial charge in [0.25, 0.3) is 0 Å². The predicted molar refractivity (Wildman–Crippen MR) is 62.9 cm³/mol. The number of ether oxygens (including phenoxy) is 1. The molecular formula is C13H7ClF4O. The normalized spacial score (nSPS) is 11.4. The number of alkyl halides is 3. The standard InChI is InChI=1S/C13H7ClF4O/c14-12-7-10(5-6-11(12)13(16,17)18)19-9-3-1-8(15)2-4-9/h1-7H. The lowest BCUT2D eigenvalue weighted by Crippen LogP contribution is -2.05. The molecule has 0 saturated heterocycles. The lowest BCUT2D eigenvalue weighted by atomic mass is 10.2. The largest absolute Gasteiger partial charge is 0.457 e. The van der Waals surface area contributed by atoms with Crippen LogP contribution in [0.1, 0.15) is 5.56 Å². The van der Waals surface area contributed by atoms with Crippen molar-refractivity contribution in [3.05, 3.63) is 58.9 Å². The van der Waals surface area contributed by atoms with Crippen molar-refractivity contribution in [1.29, 1.82) is 0 Å². The van der Waals surface area contributed by atoms with E-state index in [0.29, 0.717) is 5.75 Å². The fourth-order valence-electron chi connectivity index (χ4n) is 1.43. The van der Waals surface area contributed by atoms with E-state index in [1.807, 2.05) is 0 Å². The SMILES string of the molecule is Fc1ccc(Oc2ccc(C(F)(F)F)c(Cl)c2)cc1. The van der Waals surface area contributed by atoms with Gasteiger partial charge in [-0.2, -0.15) is 13.2 Å². The zero-order chi connectivity index (χ0) is 14.0. The van der Waals surface area contributed by atoms with Gasteiger partial charge in [-0.1, -0.05) is 11.6 Å². The minimum Gasteiger partial charge on any atom is -0.457 e. The monoisotopic (exact) mass is 290 g/mol. The van der Waals surface area contributed by atoms with Gasteiger partial charge < -0.3 is 4.74 Å². The van der Waals surface area contributed by atoms with E-state index in [1.54, 1.807) is 0 Å². The van der Waals surface area contributed by atoms with Crippen molar-refractivity contribution < 1.29 is 22.3 Å². The first-order valence-corrected chi connectivity index (χ1v) is 5.54. The Hall–Kier alpha value is -1.75. The van der Waals surface area contributed by atoms with E-state index in [2.05, 4.69) is 0 Å². The summed E-state index contributed by atoms with van der Waals surface area (Å²) in [6, 6.07) is 8.14. The topological polar surface area (TPSA) is 9.23 Å². The highest BCUT2D eigenvalue weighted by Crippen LogP contribution is 2.37. The number of benzene rings is 2. The lowest BCUT2D eigenvalue weighted by Gasteiger charge is -2.11. The molecule has 0 saturated carbocycles. The molecule has 0 aromatic heterocycles. The van der Waals surface area contributed by atoms with Gasteiger partial charge in [-0.05, 0) is 36.4 Å². The van der Waals surface area contributed by atoms with Crippen LogP contribution in [0, 0.1) is 5.82 Å². The lowest BCUT2D eigenvalue weighted by molar-refractivity contribution is -0.137. The summed E-state index contributed by atoms with van der Waals surface area (Å²) in [6.07, 6.45) is -4.51. The van der Waals surface area contributed by atoms with E-state index >= 15 is 0 Å². The molecule has 1 nitrogen and oxygen atoms in total. The molecule has 0 amide bonds. The minimum absolute atomic E-state index is 0.143. The van der Waals surface area contributed by atoms with Crippen molar-refractivity contribution in [3.8, 4) is 11.5 Å². The van der Waals surface area contributed by atoms with Crippen molar-refractivity contribution in [2.75, 3.05) is 0 Å². The number of hydrogen-bond donors (Lipinski definition) is 0. The van der Waals surface area contributed by atoms with Gasteiger partial charge >= 0.3 is 6.18 Å². The van der Waals surface area contributed by atoms with Crippen molar-refractivity contribution in [3.63, 3.8) is 0 Å². The van der Waals surface area contributed by atoms with Gasteiger partial charge in [0.2, 0.25) is 0 Å². The van der Waals surface area contributed by atoms with Crippen molar-refractivity contribution >= 4 is 11.6 Å². The van der Waals surface area contributed by atoms with Gasteiger partial charge in [0.05, 0.1) is 10.6 Å². The average Bonchev–Trinajstić information content (AvgIpc) is 2.30. The molecule has 2 aromatic carbocycles. The highest BCUT2D eigenvalue weighted by molar-refractivity contribution is 6.31. The van der Waals surface area contributed by atoms with E-state index in [1.165, 1.54) is 24.3 Å². The summed E-state index contributed by atoms with van der Waals surface area (Å²) in [7, 11) is 0. The number of hydrogen-bond acceptors (Lipinski definition) is 1. The highest BCUT2D eigenvalue weighted by Gasteiger charge is 2.33. The molecule has 0 radical (unpaired) electrons. The molecule has 0 fully saturated rings. The first-order valence-electron chi connectivity index (χ1n) is 5.16. The Morgan fingerprint density at radius 2 is 1.47 bits per heavy atom. The molecule has 0 heterocycles. The molecule has 0 bridgehead atoms. The van der Waals surface area contributed by atoms with Gasteiger partial charge in [-0.25, -0.2) is 4.39 Å². The van der Waals surface area contributed by atoms with Crippen molar-refractivity contribution in [2.45, 2.75) is 6.18 Å². The summed E-state index contributed by atoms with van der Waals surface area (Å²) in [5.41, 5.74) is -0.930. The van der Waals surface area contributed by atoms with Crippen LogP contribution < -0.4 is 4.74 Å². The molecule has 0 unspecified atom stereocenters. The molecule has 2 aromatic rings. The van der Waals surface area contributed by atoms with Crippen molar-refractivity contribution in [2.24, 2.45) is 0 Å². The van der Waals surface area contributed by atoms with Gasteiger partial charge in [-0.15, -0.1) is 0 Å². The van der Waals surface area contributed by atoms with Gasteiger partial charge in [0, 0.05) is 6.07 Å². The molecule has 0 N–H and O–H groups in total. The van der Waals surface area contributed by atoms with E-state index in [4.69, 9.17) is 16.3 Å². The predicted octanol–water partition coefficient (Wildman–Crippen LogP) is 5.29. The summed E-state index contributed by atoms with van der Waals surface area (Å²) < 4.78 is 55.4. The van der Waals surface area contributed by atoms with E-state index < -0.39 is 22.6 Å². The van der Waals surface area contributed by atoms with Gasteiger partial charge in [0.1, 0.15) is 17.3 Å². The maximum atomic E-state index is 12.7. The third-order valence-corrected chi connectivity index (χ3v) is 2.61.